The van der Waals surface area contributed by atoms with E-state index in [1.165, 1.54) is 23.3 Å². The topological polar surface area (TPSA) is 40.6 Å². The fourth-order valence-corrected chi connectivity index (χ4v) is 4.88. The maximum absolute atomic E-state index is 13.3. The molecule has 0 bridgehead atoms. The molecule has 0 N–H and O–H groups in total. The van der Waals surface area contributed by atoms with E-state index in [1.807, 2.05) is 88.5 Å². The molecule has 3 rings (SSSR count). The number of anilines is 2. The molecule has 1 amide bonds. The van der Waals surface area contributed by atoms with Crippen molar-refractivity contribution < 1.29 is 9.00 Å². The number of carbonyl (C=O) groups excluding carboxylic acids is 1. The largest absolute Gasteiger partial charge is 0.308 e. The van der Waals surface area contributed by atoms with Crippen molar-refractivity contribution in [3.8, 4) is 0 Å². The number of unbranched alkanes of at least 4 members (excludes halogenated alkanes) is 2. The first-order chi connectivity index (χ1) is 17.0. The average molecular weight is 519 g/mol. The van der Waals surface area contributed by atoms with Gasteiger partial charge in [0.1, 0.15) is 11.0 Å². The van der Waals surface area contributed by atoms with E-state index in [9.17, 15) is 9.00 Å². The Balaban J connectivity index is 0.00000179. The summed E-state index contributed by atoms with van der Waals surface area (Å²) in [6, 6.07) is 13.8. The summed E-state index contributed by atoms with van der Waals surface area (Å²) in [5.74, 6) is 1.06. The van der Waals surface area contributed by atoms with E-state index < -0.39 is 11.0 Å². The van der Waals surface area contributed by atoms with Crippen LogP contribution in [0.4, 0.5) is 11.4 Å². The molecule has 0 fully saturated rings. The number of hydrogen-bond acceptors (Lipinski definition) is 3. The van der Waals surface area contributed by atoms with Crippen molar-refractivity contribution in [2.24, 2.45) is 0 Å². The molecule has 196 valence electrons. The normalized spacial score (nSPS) is 11.9. The van der Waals surface area contributed by atoms with E-state index in [-0.39, 0.29) is 5.91 Å². The van der Waals surface area contributed by atoms with Crippen LogP contribution in [0.2, 0.25) is 0 Å². The van der Waals surface area contributed by atoms with Gasteiger partial charge < -0.3 is 4.90 Å². The number of fused-ring (bicyclic) bond motifs is 1. The van der Waals surface area contributed by atoms with Crippen LogP contribution < -0.4 is 9.21 Å². The second-order valence-electron chi connectivity index (χ2n) is 7.07. The van der Waals surface area contributed by atoms with Gasteiger partial charge in [0.15, 0.2) is 0 Å². The summed E-state index contributed by atoms with van der Waals surface area (Å²) in [6.45, 7) is 16.4. The highest BCUT2D eigenvalue weighted by molar-refractivity contribution is 7.99. The average Bonchev–Trinajstić information content (AvgIpc) is 3.34. The van der Waals surface area contributed by atoms with Crippen LogP contribution >= 0.6 is 11.8 Å². The number of thioether (sulfide) groups is 1. The van der Waals surface area contributed by atoms with E-state index >= 15 is 0 Å². The minimum Gasteiger partial charge on any atom is -0.308 e. The van der Waals surface area contributed by atoms with E-state index in [0.29, 0.717) is 17.8 Å². The van der Waals surface area contributed by atoms with Gasteiger partial charge >= 0.3 is 0 Å². The van der Waals surface area contributed by atoms with E-state index in [2.05, 4.69) is 24.8 Å². The second-order valence-corrected chi connectivity index (χ2v) is 9.63. The molecule has 0 saturated carbocycles. The van der Waals surface area contributed by atoms with Crippen molar-refractivity contribution in [2.45, 2.75) is 72.1 Å². The molecule has 1 aliphatic rings. The monoisotopic (exact) mass is 518 g/mol. The van der Waals surface area contributed by atoms with Crippen LogP contribution in [0.5, 0.6) is 0 Å². The molecular weight excluding hydrogens is 472 g/mol. The molecule has 1 aliphatic heterocycles. The fraction of sp³-hybridized carbons (Fsp3) is 0.483. The molecule has 2 aromatic rings. The number of hydrogen-bond donors (Lipinski definition) is 0. The predicted molar refractivity (Wildman–Crippen MR) is 160 cm³/mol. The molecule has 1 unspecified atom stereocenters. The quantitative estimate of drug-likeness (QED) is 0.191. The predicted octanol–water partition coefficient (Wildman–Crippen LogP) is 8.15. The number of nitrogens with zero attached hydrogens (tertiary/aromatic N) is 2. The minimum atomic E-state index is -1.19. The minimum absolute atomic E-state index is 0.0403. The lowest BCUT2D eigenvalue weighted by Crippen LogP contribution is -2.31. The van der Waals surface area contributed by atoms with Gasteiger partial charge in [-0.2, -0.15) is 0 Å². The molecule has 2 aromatic carbocycles. The third-order valence-corrected chi connectivity index (χ3v) is 7.17. The third-order valence-electron chi connectivity index (χ3n) is 5.12. The molecule has 0 spiro atoms. The first-order valence-corrected chi connectivity index (χ1v) is 15.4. The smallest absolute Gasteiger partial charge is 0.260 e. The van der Waals surface area contributed by atoms with Gasteiger partial charge in [0.05, 0.1) is 11.3 Å². The lowest BCUT2D eigenvalue weighted by atomic mass is 10.1. The van der Waals surface area contributed by atoms with Crippen LogP contribution in [0.3, 0.4) is 0 Å². The summed E-state index contributed by atoms with van der Waals surface area (Å²) in [5.41, 5.74) is 3.48. The Morgan fingerprint density at radius 3 is 2.37 bits per heavy atom. The molecular formula is C29H46N2O2S2. The highest BCUT2D eigenvalue weighted by atomic mass is 32.2. The van der Waals surface area contributed by atoms with Crippen LogP contribution in [-0.2, 0) is 17.4 Å². The van der Waals surface area contributed by atoms with Gasteiger partial charge in [0.2, 0.25) is 0 Å². The van der Waals surface area contributed by atoms with Gasteiger partial charge in [-0.05, 0) is 67.3 Å². The third kappa shape index (κ3) is 9.85. The Kier molecular flexibility index (Phi) is 18.1. The Hall–Kier alpha value is -2.05. The van der Waals surface area contributed by atoms with Crippen LogP contribution in [-0.4, -0.2) is 35.7 Å². The molecule has 6 heteroatoms. The van der Waals surface area contributed by atoms with Crippen molar-refractivity contribution in [3.63, 3.8) is 0 Å². The van der Waals surface area contributed by atoms with Crippen LogP contribution in [0.25, 0.3) is 0 Å². The zero-order valence-electron chi connectivity index (χ0n) is 23.1. The maximum Gasteiger partial charge on any atom is 0.260 e. The molecule has 4 nitrogen and oxygen atoms in total. The SMILES string of the molecule is C=CCCCCSc1ccc2c(c1)CCN2C(=O)c1ccccc1N(C)S(C)=O.CC.CC.CC. The van der Waals surface area contributed by atoms with Gasteiger partial charge in [-0.15, -0.1) is 18.3 Å². The van der Waals surface area contributed by atoms with Gasteiger partial charge in [0, 0.05) is 30.4 Å². The zero-order valence-corrected chi connectivity index (χ0v) is 24.7. The molecule has 1 atom stereocenters. The lowest BCUT2D eigenvalue weighted by molar-refractivity contribution is 0.0990. The van der Waals surface area contributed by atoms with Crippen molar-refractivity contribution in [1.29, 1.82) is 0 Å². The van der Waals surface area contributed by atoms with Crippen LogP contribution in [0, 0.1) is 0 Å². The first-order valence-electron chi connectivity index (χ1n) is 12.9. The fourth-order valence-electron chi connectivity index (χ4n) is 3.47. The maximum atomic E-state index is 13.3. The summed E-state index contributed by atoms with van der Waals surface area (Å²) < 4.78 is 13.6. The highest BCUT2D eigenvalue weighted by Gasteiger charge is 2.28. The molecule has 0 aromatic heterocycles. The number of benzene rings is 2. The van der Waals surface area contributed by atoms with Crippen molar-refractivity contribution in [2.75, 3.05) is 34.8 Å². The Morgan fingerprint density at radius 2 is 1.74 bits per heavy atom. The zero-order chi connectivity index (χ0) is 26.8. The van der Waals surface area contributed by atoms with E-state index in [0.717, 1.165) is 24.3 Å². The van der Waals surface area contributed by atoms with Crippen LogP contribution in [0.1, 0.15) is 76.7 Å². The molecule has 0 radical (unpaired) electrons. The summed E-state index contributed by atoms with van der Waals surface area (Å²) in [5, 5.41) is 0. The molecule has 0 aliphatic carbocycles. The summed E-state index contributed by atoms with van der Waals surface area (Å²) in [7, 11) is 0.559. The summed E-state index contributed by atoms with van der Waals surface area (Å²) in [4.78, 5) is 16.4. The van der Waals surface area contributed by atoms with Gasteiger partial charge in [-0.3, -0.25) is 9.10 Å². The Morgan fingerprint density at radius 1 is 1.09 bits per heavy atom. The number of para-hydroxylation sites is 1. The van der Waals surface area contributed by atoms with Crippen molar-refractivity contribution in [1.82, 2.24) is 0 Å². The molecule has 1 heterocycles. The summed E-state index contributed by atoms with van der Waals surface area (Å²) >= 11 is 1.87. The van der Waals surface area contributed by atoms with Crippen molar-refractivity contribution in [3.05, 3.63) is 66.2 Å². The highest BCUT2D eigenvalue weighted by Crippen LogP contribution is 2.34. The lowest BCUT2D eigenvalue weighted by Gasteiger charge is -2.23. The Labute approximate surface area is 221 Å². The number of carbonyl (C=O) groups is 1. The second kappa shape index (κ2) is 19.2. The summed E-state index contributed by atoms with van der Waals surface area (Å²) in [6.07, 6.45) is 7.89. The number of amides is 1. The van der Waals surface area contributed by atoms with Crippen LogP contribution in [0.15, 0.2) is 60.0 Å². The van der Waals surface area contributed by atoms with Crippen molar-refractivity contribution >= 4 is 40.0 Å². The first kappa shape index (κ1) is 33.0. The Bertz CT molecular complexity index is 915. The van der Waals surface area contributed by atoms with Gasteiger partial charge in [-0.25, -0.2) is 4.21 Å². The molecule has 35 heavy (non-hydrogen) atoms. The van der Waals surface area contributed by atoms with Gasteiger partial charge in [0.25, 0.3) is 5.91 Å². The number of rotatable bonds is 9. The van der Waals surface area contributed by atoms with Gasteiger partial charge in [-0.1, -0.05) is 59.8 Å². The molecule has 0 saturated heterocycles. The van der Waals surface area contributed by atoms with E-state index in [4.69, 9.17) is 0 Å². The number of allylic oxidation sites excluding steroid dienone is 1. The standard InChI is InChI=1S/C23H28N2O2S2.3C2H6/c1-4-5-6-9-16-28-19-12-13-21-18(17-19)14-15-25(21)23(26)20-10-7-8-11-22(20)24(2)29(3)27;3*1-2/h4,7-8,10-13,17H,1,5-6,9,14-16H2,2-3H3;3*1-2H3. The van der Waals surface area contributed by atoms with E-state index in [1.54, 1.807) is 17.6 Å².